The summed E-state index contributed by atoms with van der Waals surface area (Å²) in [6.45, 7) is 2.26. The van der Waals surface area contributed by atoms with Gasteiger partial charge in [-0.05, 0) is 37.4 Å². The SMILES string of the molecule is CSc1nc(-c2ccco2)nc(C)c1C(=O)N(C)Cc1nc2ccccc2s1. The van der Waals surface area contributed by atoms with Crippen LogP contribution in [0.25, 0.3) is 21.8 Å². The Labute approximate surface area is 170 Å². The molecule has 0 aliphatic carbocycles. The number of amides is 1. The number of para-hydroxylation sites is 1. The number of nitrogens with zero attached hydrogens (tertiary/aromatic N) is 4. The van der Waals surface area contributed by atoms with E-state index >= 15 is 0 Å². The first kappa shape index (κ1) is 18.6. The number of thioether (sulfide) groups is 1. The first-order chi connectivity index (χ1) is 13.6. The number of thiazole rings is 1. The van der Waals surface area contributed by atoms with Gasteiger partial charge in [-0.15, -0.1) is 23.1 Å². The van der Waals surface area contributed by atoms with Gasteiger partial charge in [-0.1, -0.05) is 12.1 Å². The number of furan rings is 1. The Hall–Kier alpha value is -2.71. The van der Waals surface area contributed by atoms with Gasteiger partial charge in [0.15, 0.2) is 11.6 Å². The van der Waals surface area contributed by atoms with Crippen molar-refractivity contribution in [3.63, 3.8) is 0 Å². The molecule has 4 rings (SSSR count). The van der Waals surface area contributed by atoms with E-state index in [4.69, 9.17) is 4.42 Å². The summed E-state index contributed by atoms with van der Waals surface area (Å²) in [4.78, 5) is 28.5. The minimum absolute atomic E-state index is 0.118. The summed E-state index contributed by atoms with van der Waals surface area (Å²) in [5, 5.41) is 1.54. The molecule has 0 aliphatic rings. The molecule has 0 N–H and O–H groups in total. The zero-order chi connectivity index (χ0) is 19.7. The fourth-order valence-electron chi connectivity index (χ4n) is 2.91. The maximum atomic E-state index is 13.1. The Kier molecular flexibility index (Phi) is 5.15. The summed E-state index contributed by atoms with van der Waals surface area (Å²) >= 11 is 3.02. The van der Waals surface area contributed by atoms with Gasteiger partial charge in [0.05, 0.1) is 34.3 Å². The van der Waals surface area contributed by atoms with Crippen molar-refractivity contribution in [1.82, 2.24) is 19.9 Å². The number of aromatic nitrogens is 3. The van der Waals surface area contributed by atoms with E-state index in [1.807, 2.05) is 37.4 Å². The van der Waals surface area contributed by atoms with Crippen LogP contribution < -0.4 is 0 Å². The van der Waals surface area contributed by atoms with Crippen LogP contribution in [0.3, 0.4) is 0 Å². The molecule has 0 fully saturated rings. The molecular weight excluding hydrogens is 392 g/mol. The summed E-state index contributed by atoms with van der Waals surface area (Å²) in [5.74, 6) is 0.949. The number of fused-ring (bicyclic) bond motifs is 1. The molecule has 8 heteroatoms. The smallest absolute Gasteiger partial charge is 0.258 e. The molecule has 1 aromatic carbocycles. The highest BCUT2D eigenvalue weighted by molar-refractivity contribution is 7.98. The van der Waals surface area contributed by atoms with Crippen molar-refractivity contribution in [2.75, 3.05) is 13.3 Å². The van der Waals surface area contributed by atoms with Crippen molar-refractivity contribution in [3.8, 4) is 11.6 Å². The Bertz CT molecular complexity index is 1110. The standard InChI is InChI=1S/C20H18N4O2S2/c1-12-17(19(27-3)23-18(21-12)14-8-6-10-26-14)20(25)24(2)11-16-22-13-7-4-5-9-15(13)28-16/h4-10H,11H2,1-3H3. The van der Waals surface area contributed by atoms with Crippen LogP contribution in [0, 0.1) is 6.92 Å². The van der Waals surface area contributed by atoms with Gasteiger partial charge in [0.2, 0.25) is 0 Å². The Balaban J connectivity index is 1.62. The minimum atomic E-state index is -0.118. The third-order valence-corrected chi connectivity index (χ3v) is 5.97. The molecule has 0 radical (unpaired) electrons. The molecule has 0 unspecified atom stereocenters. The normalized spacial score (nSPS) is 11.1. The Morgan fingerprint density at radius 1 is 1.18 bits per heavy atom. The molecular formula is C20H18N4O2S2. The lowest BCUT2D eigenvalue weighted by atomic mass is 10.2. The molecule has 0 saturated heterocycles. The molecule has 0 bridgehead atoms. The molecule has 142 valence electrons. The zero-order valence-electron chi connectivity index (χ0n) is 15.7. The Morgan fingerprint density at radius 3 is 2.71 bits per heavy atom. The maximum Gasteiger partial charge on any atom is 0.258 e. The van der Waals surface area contributed by atoms with Crippen molar-refractivity contribution < 1.29 is 9.21 Å². The van der Waals surface area contributed by atoms with Gasteiger partial charge in [0.1, 0.15) is 10.0 Å². The molecule has 0 aliphatic heterocycles. The van der Waals surface area contributed by atoms with Crippen LogP contribution in [-0.2, 0) is 6.54 Å². The lowest BCUT2D eigenvalue weighted by Crippen LogP contribution is -2.28. The van der Waals surface area contributed by atoms with Crippen LogP contribution in [0.1, 0.15) is 21.1 Å². The van der Waals surface area contributed by atoms with Crippen LogP contribution >= 0.6 is 23.1 Å². The Morgan fingerprint density at radius 2 is 2.00 bits per heavy atom. The van der Waals surface area contributed by atoms with Gasteiger partial charge in [0, 0.05) is 7.05 Å². The van der Waals surface area contributed by atoms with Crippen LogP contribution in [0.2, 0.25) is 0 Å². The highest BCUT2D eigenvalue weighted by atomic mass is 32.2. The van der Waals surface area contributed by atoms with E-state index in [-0.39, 0.29) is 5.91 Å². The zero-order valence-corrected chi connectivity index (χ0v) is 17.3. The van der Waals surface area contributed by atoms with Crippen LogP contribution in [0.15, 0.2) is 52.1 Å². The summed E-state index contributed by atoms with van der Waals surface area (Å²) in [7, 11) is 1.78. The number of aryl methyl sites for hydroxylation is 1. The highest BCUT2D eigenvalue weighted by Crippen LogP contribution is 2.27. The lowest BCUT2D eigenvalue weighted by Gasteiger charge is -2.18. The molecule has 0 atom stereocenters. The van der Waals surface area contributed by atoms with Crippen LogP contribution in [0.5, 0.6) is 0 Å². The number of hydrogen-bond donors (Lipinski definition) is 0. The van der Waals surface area contributed by atoms with E-state index in [0.29, 0.717) is 34.4 Å². The monoisotopic (exact) mass is 410 g/mol. The van der Waals surface area contributed by atoms with Crippen molar-refractivity contribution in [2.45, 2.75) is 18.5 Å². The van der Waals surface area contributed by atoms with E-state index < -0.39 is 0 Å². The van der Waals surface area contributed by atoms with Crippen molar-refractivity contribution >= 4 is 39.2 Å². The molecule has 1 amide bonds. The van der Waals surface area contributed by atoms with E-state index in [1.165, 1.54) is 11.8 Å². The second kappa shape index (κ2) is 7.73. The van der Waals surface area contributed by atoms with Gasteiger partial charge < -0.3 is 9.32 Å². The minimum Gasteiger partial charge on any atom is -0.461 e. The number of carbonyl (C=O) groups excluding carboxylic acids is 1. The van der Waals surface area contributed by atoms with Gasteiger partial charge in [-0.25, -0.2) is 15.0 Å². The van der Waals surface area contributed by atoms with Gasteiger partial charge in [0.25, 0.3) is 5.91 Å². The molecule has 28 heavy (non-hydrogen) atoms. The number of hydrogen-bond acceptors (Lipinski definition) is 7. The van der Waals surface area contributed by atoms with E-state index in [1.54, 1.807) is 41.7 Å². The summed E-state index contributed by atoms with van der Waals surface area (Å²) < 4.78 is 6.51. The van der Waals surface area contributed by atoms with Crippen molar-refractivity contribution in [1.29, 1.82) is 0 Å². The average molecular weight is 411 g/mol. The predicted octanol–water partition coefficient (Wildman–Crippen LogP) is 4.65. The number of carbonyl (C=O) groups is 1. The molecule has 4 aromatic rings. The van der Waals surface area contributed by atoms with E-state index in [2.05, 4.69) is 15.0 Å². The molecule has 3 aromatic heterocycles. The molecule has 0 spiro atoms. The van der Waals surface area contributed by atoms with E-state index in [9.17, 15) is 4.79 Å². The van der Waals surface area contributed by atoms with Crippen LogP contribution in [0.4, 0.5) is 0 Å². The number of benzene rings is 1. The van der Waals surface area contributed by atoms with Crippen molar-refractivity contribution in [3.05, 3.63) is 58.9 Å². The highest BCUT2D eigenvalue weighted by Gasteiger charge is 2.23. The van der Waals surface area contributed by atoms with Gasteiger partial charge in [-0.3, -0.25) is 4.79 Å². The molecule has 0 saturated carbocycles. The third kappa shape index (κ3) is 3.53. The number of rotatable bonds is 5. The second-order valence-corrected chi connectivity index (χ2v) is 8.14. The quantitative estimate of drug-likeness (QED) is 0.352. The second-order valence-electron chi connectivity index (χ2n) is 6.23. The fourth-order valence-corrected chi connectivity index (χ4v) is 4.55. The largest absolute Gasteiger partial charge is 0.461 e. The van der Waals surface area contributed by atoms with Gasteiger partial charge >= 0.3 is 0 Å². The fraction of sp³-hybridized carbons (Fsp3) is 0.200. The average Bonchev–Trinajstić information content (AvgIpc) is 3.36. The predicted molar refractivity (Wildman–Crippen MR) is 112 cm³/mol. The van der Waals surface area contributed by atoms with Gasteiger partial charge in [-0.2, -0.15) is 0 Å². The first-order valence-electron chi connectivity index (χ1n) is 8.63. The summed E-state index contributed by atoms with van der Waals surface area (Å²) in [6.07, 6.45) is 3.48. The maximum absolute atomic E-state index is 13.1. The lowest BCUT2D eigenvalue weighted by molar-refractivity contribution is 0.0779. The third-order valence-electron chi connectivity index (χ3n) is 4.26. The van der Waals surface area contributed by atoms with E-state index in [0.717, 1.165) is 15.2 Å². The molecule has 6 nitrogen and oxygen atoms in total. The summed E-state index contributed by atoms with van der Waals surface area (Å²) in [5.41, 5.74) is 2.11. The van der Waals surface area contributed by atoms with Crippen molar-refractivity contribution in [2.24, 2.45) is 0 Å². The molecule has 3 heterocycles. The summed E-state index contributed by atoms with van der Waals surface area (Å²) in [6, 6.07) is 11.6. The van der Waals surface area contributed by atoms with Crippen LogP contribution in [-0.4, -0.2) is 39.1 Å². The first-order valence-corrected chi connectivity index (χ1v) is 10.7. The topological polar surface area (TPSA) is 72.1 Å².